The zero-order valence-corrected chi connectivity index (χ0v) is 19.9. The predicted molar refractivity (Wildman–Crippen MR) is 131 cm³/mol. The van der Waals surface area contributed by atoms with Crippen LogP contribution in [0.15, 0.2) is 97.2 Å². The van der Waals surface area contributed by atoms with Crippen LogP contribution < -0.4 is 0 Å². The first-order valence-corrected chi connectivity index (χ1v) is 12.9. The van der Waals surface area contributed by atoms with Crippen molar-refractivity contribution in [3.05, 3.63) is 125 Å². The van der Waals surface area contributed by atoms with Crippen molar-refractivity contribution in [1.82, 2.24) is 9.97 Å². The van der Waals surface area contributed by atoms with E-state index in [0.29, 0.717) is 18.9 Å². The average molecular weight is 461 g/mol. The van der Waals surface area contributed by atoms with E-state index in [2.05, 4.69) is 41.4 Å². The summed E-state index contributed by atoms with van der Waals surface area (Å²) >= 11 is 0. The lowest BCUT2D eigenvalue weighted by Crippen LogP contribution is -2.32. The molecule has 1 heterocycles. The van der Waals surface area contributed by atoms with Crippen LogP contribution in [-0.4, -0.2) is 23.2 Å². The van der Waals surface area contributed by atoms with E-state index in [4.69, 9.17) is 14.0 Å². The van der Waals surface area contributed by atoms with Crippen LogP contribution in [0.25, 0.3) is 0 Å². The van der Waals surface area contributed by atoms with Crippen molar-refractivity contribution in [3.8, 4) is 0 Å². The maximum Gasteiger partial charge on any atom is 0.336 e. The van der Waals surface area contributed by atoms with Gasteiger partial charge in [0.2, 0.25) is 0 Å². The highest BCUT2D eigenvalue weighted by atomic mass is 31.2. The molecule has 1 aromatic heterocycles. The molecular weight excluding hydrogens is 431 g/mol. The first-order valence-electron chi connectivity index (χ1n) is 11.2. The third-order valence-corrected chi connectivity index (χ3v) is 7.65. The first-order chi connectivity index (χ1) is 16.1. The predicted octanol–water partition coefficient (Wildman–Crippen LogP) is 6.56. The minimum Gasteiger partial charge on any atom is -0.344 e. The van der Waals surface area contributed by atoms with Gasteiger partial charge in [0, 0.05) is 11.9 Å². The minimum atomic E-state index is -3.27. The molecular formula is C27H29N2O3P. The van der Waals surface area contributed by atoms with Gasteiger partial charge in [-0.25, -0.2) is 4.98 Å². The second-order valence-corrected chi connectivity index (χ2v) is 9.76. The molecule has 3 aromatic carbocycles. The molecule has 0 atom stereocenters. The third kappa shape index (κ3) is 4.72. The Balaban J connectivity index is 1.91. The lowest BCUT2D eigenvalue weighted by molar-refractivity contribution is 0.219. The Morgan fingerprint density at radius 1 is 0.758 bits per heavy atom. The topological polar surface area (TPSA) is 64.2 Å². The second kappa shape index (κ2) is 10.3. The maximum atomic E-state index is 13.2. The number of aromatic nitrogens is 2. The van der Waals surface area contributed by atoms with Gasteiger partial charge in [-0.3, -0.25) is 4.57 Å². The van der Waals surface area contributed by atoms with Gasteiger partial charge in [0.25, 0.3) is 0 Å². The smallest absolute Gasteiger partial charge is 0.336 e. The molecule has 4 rings (SSSR count). The van der Waals surface area contributed by atoms with Crippen LogP contribution in [0.2, 0.25) is 0 Å². The molecule has 6 heteroatoms. The monoisotopic (exact) mass is 460 g/mol. The molecule has 0 spiro atoms. The van der Waals surface area contributed by atoms with Crippen LogP contribution in [0.4, 0.5) is 0 Å². The van der Waals surface area contributed by atoms with Gasteiger partial charge < -0.3 is 14.0 Å². The van der Waals surface area contributed by atoms with E-state index < -0.39 is 13.0 Å². The van der Waals surface area contributed by atoms with Crippen LogP contribution in [0.5, 0.6) is 0 Å². The van der Waals surface area contributed by atoms with Crippen LogP contribution in [0.1, 0.15) is 42.1 Å². The number of hydrogen-bond donors (Lipinski definition) is 1. The summed E-state index contributed by atoms with van der Waals surface area (Å²) in [6.07, 6.45) is 1.87. The van der Waals surface area contributed by atoms with Crippen molar-refractivity contribution in [2.24, 2.45) is 0 Å². The Labute approximate surface area is 195 Å². The van der Waals surface area contributed by atoms with Crippen molar-refractivity contribution in [3.63, 3.8) is 0 Å². The van der Waals surface area contributed by atoms with E-state index in [0.717, 1.165) is 22.5 Å². The van der Waals surface area contributed by atoms with Crippen molar-refractivity contribution in [2.45, 2.75) is 25.4 Å². The van der Waals surface area contributed by atoms with Gasteiger partial charge in [-0.05, 0) is 30.5 Å². The van der Waals surface area contributed by atoms with Crippen molar-refractivity contribution in [1.29, 1.82) is 0 Å². The lowest BCUT2D eigenvalue weighted by Gasteiger charge is -2.34. The Bertz CT molecular complexity index is 1090. The molecule has 0 saturated carbocycles. The van der Waals surface area contributed by atoms with Crippen molar-refractivity contribution in [2.75, 3.05) is 13.2 Å². The van der Waals surface area contributed by atoms with Gasteiger partial charge >= 0.3 is 7.60 Å². The molecule has 0 aliphatic carbocycles. The van der Waals surface area contributed by atoms with E-state index in [9.17, 15) is 4.57 Å². The Morgan fingerprint density at radius 2 is 1.18 bits per heavy atom. The number of hydrogen-bond acceptors (Lipinski definition) is 4. The molecule has 0 aliphatic heterocycles. The molecule has 0 saturated heterocycles. The molecule has 0 bridgehead atoms. The summed E-state index contributed by atoms with van der Waals surface area (Å²) in [7, 11) is -3.27. The Kier molecular flexibility index (Phi) is 7.24. The molecule has 0 unspecified atom stereocenters. The molecule has 0 fully saturated rings. The molecule has 5 nitrogen and oxygen atoms in total. The van der Waals surface area contributed by atoms with Gasteiger partial charge in [-0.1, -0.05) is 91.0 Å². The number of nitrogens with zero attached hydrogens (tertiary/aromatic N) is 1. The molecule has 0 amide bonds. The molecule has 0 aliphatic rings. The fraction of sp³-hybridized carbons (Fsp3) is 0.222. The minimum absolute atomic E-state index is 0.135. The van der Waals surface area contributed by atoms with E-state index >= 15 is 0 Å². The molecule has 1 N–H and O–H groups in total. The second-order valence-electron chi connectivity index (χ2n) is 7.71. The van der Waals surface area contributed by atoms with Crippen molar-refractivity contribution >= 4 is 7.60 Å². The van der Waals surface area contributed by atoms with Crippen LogP contribution in [-0.2, 0) is 25.2 Å². The van der Waals surface area contributed by atoms with Gasteiger partial charge in [-0.15, -0.1) is 0 Å². The highest BCUT2D eigenvalue weighted by Gasteiger charge is 2.41. The molecule has 33 heavy (non-hydrogen) atoms. The third-order valence-electron chi connectivity index (χ3n) is 5.62. The normalized spacial score (nSPS) is 12.1. The number of rotatable bonds is 10. The van der Waals surface area contributed by atoms with Gasteiger partial charge in [-0.2, -0.15) is 0 Å². The van der Waals surface area contributed by atoms with Gasteiger partial charge in [0.1, 0.15) is 11.2 Å². The summed E-state index contributed by atoms with van der Waals surface area (Å²) in [6, 6.07) is 31.0. The average Bonchev–Trinajstić information content (AvgIpc) is 3.30. The number of nitrogens with one attached hydrogen (secondary N) is 1. The summed E-state index contributed by atoms with van der Waals surface area (Å²) in [4.78, 5) is 8.31. The summed E-state index contributed by atoms with van der Waals surface area (Å²) in [5.74, 6) is 0.751. The number of imidazole rings is 1. The number of H-pyrrole nitrogens is 1. The van der Waals surface area contributed by atoms with Gasteiger partial charge in [0.05, 0.1) is 19.4 Å². The first kappa shape index (κ1) is 23.2. The summed E-state index contributed by atoms with van der Waals surface area (Å²) in [5.41, 5.74) is 3.29. The summed E-state index contributed by atoms with van der Waals surface area (Å²) in [5, 5.41) is 0. The molecule has 170 valence electrons. The van der Waals surface area contributed by atoms with Gasteiger partial charge in [0.15, 0.2) is 0 Å². The van der Waals surface area contributed by atoms with Crippen LogP contribution >= 0.6 is 7.60 Å². The SMILES string of the molecule is CCOP(=O)(Cc1cnc(C(c2ccccc2)(c2ccccc2)c2ccccc2)[nH]1)OCC. The molecule has 0 radical (unpaired) electrons. The fourth-order valence-corrected chi connectivity index (χ4v) is 5.96. The highest BCUT2D eigenvalue weighted by molar-refractivity contribution is 7.53. The largest absolute Gasteiger partial charge is 0.344 e. The zero-order chi connectivity index (χ0) is 23.2. The lowest BCUT2D eigenvalue weighted by atomic mass is 9.69. The number of benzene rings is 3. The van der Waals surface area contributed by atoms with E-state index in [1.807, 2.05) is 68.4 Å². The summed E-state index contributed by atoms with van der Waals surface area (Å²) in [6.45, 7) is 4.27. The fourth-order valence-electron chi connectivity index (χ4n) is 4.34. The maximum absolute atomic E-state index is 13.2. The quantitative estimate of drug-likeness (QED) is 0.215. The van der Waals surface area contributed by atoms with E-state index in [-0.39, 0.29) is 6.16 Å². The number of aromatic amines is 1. The van der Waals surface area contributed by atoms with E-state index in [1.165, 1.54) is 0 Å². The standard InChI is InChI=1S/C27H29N2O3P/c1-3-31-33(30,32-4-2)21-25-20-28-26(29-25)27(22-14-8-5-9-15-22,23-16-10-6-11-17-23)24-18-12-7-13-19-24/h5-20H,3-4,21H2,1-2H3,(H,28,29). The van der Waals surface area contributed by atoms with Crippen molar-refractivity contribution < 1.29 is 13.6 Å². The Hall–Kier alpha value is -2.98. The van der Waals surface area contributed by atoms with E-state index in [1.54, 1.807) is 6.20 Å². The van der Waals surface area contributed by atoms with Crippen LogP contribution in [0, 0.1) is 0 Å². The highest BCUT2D eigenvalue weighted by Crippen LogP contribution is 2.51. The molecule has 4 aromatic rings. The summed E-state index contributed by atoms with van der Waals surface area (Å²) < 4.78 is 24.2. The zero-order valence-electron chi connectivity index (χ0n) is 19.0. The van der Waals surface area contributed by atoms with Crippen LogP contribution in [0.3, 0.4) is 0 Å². The Morgan fingerprint density at radius 3 is 1.58 bits per heavy atom.